The maximum Gasteiger partial charge on any atom is 0.0623 e. The molecular formula is C10H19NO. The van der Waals surface area contributed by atoms with Crippen molar-refractivity contribution in [1.29, 1.82) is 0 Å². The van der Waals surface area contributed by atoms with Gasteiger partial charge in [0.15, 0.2) is 0 Å². The summed E-state index contributed by atoms with van der Waals surface area (Å²) >= 11 is 0. The Hall–Kier alpha value is -0.0800. The Kier molecular flexibility index (Phi) is 2.37. The molecule has 70 valence electrons. The van der Waals surface area contributed by atoms with Gasteiger partial charge in [0, 0.05) is 12.0 Å². The molecule has 2 aliphatic heterocycles. The van der Waals surface area contributed by atoms with Gasteiger partial charge in [-0.05, 0) is 32.7 Å². The number of hydrogen-bond acceptors (Lipinski definition) is 2. The molecule has 0 aromatic carbocycles. The third-order valence-electron chi connectivity index (χ3n) is 3.32. The van der Waals surface area contributed by atoms with Crippen molar-refractivity contribution in [2.24, 2.45) is 5.92 Å². The molecule has 2 rings (SSSR count). The standard InChI is InChI=1S/C10H19NO/c1-3-11-7(2)9-6-8-4-5-10(9)12-8/h7-11H,3-6H2,1-2H3. The van der Waals surface area contributed by atoms with Gasteiger partial charge in [0.2, 0.25) is 0 Å². The van der Waals surface area contributed by atoms with E-state index in [-0.39, 0.29) is 0 Å². The molecule has 0 aromatic rings. The van der Waals surface area contributed by atoms with Crippen molar-refractivity contribution in [2.45, 2.75) is 51.4 Å². The molecule has 0 aliphatic carbocycles. The quantitative estimate of drug-likeness (QED) is 0.692. The molecule has 4 unspecified atom stereocenters. The van der Waals surface area contributed by atoms with E-state index in [2.05, 4.69) is 19.2 Å². The average molecular weight is 169 g/mol. The molecule has 4 atom stereocenters. The lowest BCUT2D eigenvalue weighted by molar-refractivity contribution is 0.0872. The Balaban J connectivity index is 1.89. The molecule has 2 heteroatoms. The summed E-state index contributed by atoms with van der Waals surface area (Å²) in [6, 6.07) is 0.644. The topological polar surface area (TPSA) is 21.3 Å². The first-order valence-corrected chi connectivity index (χ1v) is 5.20. The lowest BCUT2D eigenvalue weighted by Crippen LogP contribution is -2.38. The Morgan fingerprint density at radius 3 is 2.83 bits per heavy atom. The van der Waals surface area contributed by atoms with E-state index < -0.39 is 0 Å². The van der Waals surface area contributed by atoms with Gasteiger partial charge in [0.1, 0.15) is 0 Å². The highest BCUT2D eigenvalue weighted by atomic mass is 16.5. The van der Waals surface area contributed by atoms with E-state index in [1.54, 1.807) is 0 Å². The normalized spacial score (nSPS) is 42.0. The summed E-state index contributed by atoms with van der Waals surface area (Å²) in [4.78, 5) is 0. The van der Waals surface area contributed by atoms with Crippen LogP contribution in [0.3, 0.4) is 0 Å². The second kappa shape index (κ2) is 3.35. The molecule has 2 saturated heterocycles. The summed E-state index contributed by atoms with van der Waals surface area (Å²) in [6.07, 6.45) is 5.06. The first-order chi connectivity index (χ1) is 5.81. The summed E-state index contributed by atoms with van der Waals surface area (Å²) in [6.45, 7) is 5.54. The van der Waals surface area contributed by atoms with Crippen LogP contribution in [-0.4, -0.2) is 24.8 Å². The van der Waals surface area contributed by atoms with Crippen LogP contribution in [0.4, 0.5) is 0 Å². The van der Waals surface area contributed by atoms with E-state index in [1.165, 1.54) is 19.3 Å². The van der Waals surface area contributed by atoms with Gasteiger partial charge in [-0.2, -0.15) is 0 Å². The summed E-state index contributed by atoms with van der Waals surface area (Å²) in [5.41, 5.74) is 0. The smallest absolute Gasteiger partial charge is 0.0623 e. The molecular weight excluding hydrogens is 150 g/mol. The van der Waals surface area contributed by atoms with Crippen molar-refractivity contribution in [2.75, 3.05) is 6.54 Å². The summed E-state index contributed by atoms with van der Waals surface area (Å²) in [5, 5.41) is 3.49. The minimum atomic E-state index is 0.573. The van der Waals surface area contributed by atoms with Gasteiger partial charge < -0.3 is 10.1 Å². The van der Waals surface area contributed by atoms with Crippen LogP contribution in [-0.2, 0) is 4.74 Å². The van der Waals surface area contributed by atoms with Gasteiger partial charge in [-0.15, -0.1) is 0 Å². The predicted molar refractivity (Wildman–Crippen MR) is 49.1 cm³/mol. The highest BCUT2D eigenvalue weighted by Gasteiger charge is 2.42. The molecule has 0 saturated carbocycles. The molecule has 2 heterocycles. The van der Waals surface area contributed by atoms with E-state index in [1.807, 2.05) is 0 Å². The molecule has 2 fully saturated rings. The molecule has 0 radical (unpaired) electrons. The molecule has 0 amide bonds. The zero-order valence-corrected chi connectivity index (χ0v) is 8.05. The Bertz CT molecular complexity index is 160. The molecule has 0 aromatic heterocycles. The number of ether oxygens (including phenoxy) is 1. The highest BCUT2D eigenvalue weighted by molar-refractivity contribution is 4.93. The Labute approximate surface area is 74.7 Å². The zero-order valence-electron chi connectivity index (χ0n) is 8.05. The van der Waals surface area contributed by atoms with Crippen molar-refractivity contribution in [3.05, 3.63) is 0 Å². The Morgan fingerprint density at radius 1 is 1.50 bits per heavy atom. The van der Waals surface area contributed by atoms with Crippen LogP contribution in [0.15, 0.2) is 0 Å². The molecule has 1 N–H and O–H groups in total. The minimum Gasteiger partial charge on any atom is -0.375 e. The van der Waals surface area contributed by atoms with Gasteiger partial charge in [-0.25, -0.2) is 0 Å². The maximum atomic E-state index is 5.81. The van der Waals surface area contributed by atoms with Crippen LogP contribution in [0.1, 0.15) is 33.1 Å². The first kappa shape index (κ1) is 8.52. The highest BCUT2D eigenvalue weighted by Crippen LogP contribution is 2.40. The van der Waals surface area contributed by atoms with Crippen LogP contribution < -0.4 is 5.32 Å². The lowest BCUT2D eigenvalue weighted by Gasteiger charge is -2.25. The predicted octanol–water partition coefficient (Wildman–Crippen LogP) is 1.55. The zero-order chi connectivity index (χ0) is 8.55. The van der Waals surface area contributed by atoms with E-state index >= 15 is 0 Å². The van der Waals surface area contributed by atoms with Crippen LogP contribution in [0, 0.1) is 5.92 Å². The van der Waals surface area contributed by atoms with Crippen LogP contribution in [0.2, 0.25) is 0 Å². The fourth-order valence-electron chi connectivity index (χ4n) is 2.68. The molecule has 2 nitrogen and oxygen atoms in total. The van der Waals surface area contributed by atoms with Crippen molar-refractivity contribution < 1.29 is 4.74 Å². The number of nitrogens with one attached hydrogen (secondary N) is 1. The lowest BCUT2D eigenvalue weighted by atomic mass is 9.84. The largest absolute Gasteiger partial charge is 0.375 e. The second-order valence-electron chi connectivity index (χ2n) is 4.12. The van der Waals surface area contributed by atoms with E-state index in [9.17, 15) is 0 Å². The van der Waals surface area contributed by atoms with Crippen molar-refractivity contribution in [1.82, 2.24) is 5.32 Å². The molecule has 0 spiro atoms. The number of fused-ring (bicyclic) bond motifs is 2. The van der Waals surface area contributed by atoms with Crippen molar-refractivity contribution in [3.8, 4) is 0 Å². The molecule has 2 bridgehead atoms. The number of rotatable bonds is 3. The fourth-order valence-corrected chi connectivity index (χ4v) is 2.68. The van der Waals surface area contributed by atoms with Gasteiger partial charge >= 0.3 is 0 Å². The van der Waals surface area contributed by atoms with E-state index in [0.717, 1.165) is 12.5 Å². The van der Waals surface area contributed by atoms with E-state index in [0.29, 0.717) is 18.2 Å². The van der Waals surface area contributed by atoms with Crippen molar-refractivity contribution >= 4 is 0 Å². The summed E-state index contributed by atoms with van der Waals surface area (Å²) < 4.78 is 5.81. The summed E-state index contributed by atoms with van der Waals surface area (Å²) in [5.74, 6) is 0.781. The summed E-state index contributed by atoms with van der Waals surface area (Å²) in [7, 11) is 0. The first-order valence-electron chi connectivity index (χ1n) is 5.20. The molecule has 12 heavy (non-hydrogen) atoms. The van der Waals surface area contributed by atoms with Crippen LogP contribution >= 0.6 is 0 Å². The van der Waals surface area contributed by atoms with Gasteiger partial charge in [0.05, 0.1) is 12.2 Å². The monoisotopic (exact) mass is 169 g/mol. The van der Waals surface area contributed by atoms with Gasteiger partial charge in [0.25, 0.3) is 0 Å². The maximum absolute atomic E-state index is 5.81. The van der Waals surface area contributed by atoms with Crippen molar-refractivity contribution in [3.63, 3.8) is 0 Å². The number of hydrogen-bond donors (Lipinski definition) is 1. The minimum absolute atomic E-state index is 0.573. The van der Waals surface area contributed by atoms with E-state index in [4.69, 9.17) is 4.74 Å². The second-order valence-corrected chi connectivity index (χ2v) is 4.12. The average Bonchev–Trinajstić information content (AvgIpc) is 2.64. The third kappa shape index (κ3) is 1.38. The SMILES string of the molecule is CCNC(C)C1CC2CCC1O2. The van der Waals surface area contributed by atoms with Gasteiger partial charge in [-0.3, -0.25) is 0 Å². The fraction of sp³-hybridized carbons (Fsp3) is 1.00. The van der Waals surface area contributed by atoms with Crippen LogP contribution in [0.25, 0.3) is 0 Å². The third-order valence-corrected chi connectivity index (χ3v) is 3.32. The molecule has 2 aliphatic rings. The van der Waals surface area contributed by atoms with Gasteiger partial charge in [-0.1, -0.05) is 6.92 Å². The van der Waals surface area contributed by atoms with Crippen LogP contribution in [0.5, 0.6) is 0 Å². The Morgan fingerprint density at radius 2 is 2.33 bits per heavy atom.